The molecule has 55 heavy (non-hydrogen) atoms. The molecule has 0 rings (SSSR count). The number of carbonyl (C=O) groups is 3. The average Bonchev–Trinajstić information content (AvgIpc) is 3.18. The molecule has 0 aromatic heterocycles. The van der Waals surface area contributed by atoms with Gasteiger partial charge in [0.25, 0.3) is 0 Å². The Hall–Kier alpha value is -2.63. The summed E-state index contributed by atoms with van der Waals surface area (Å²) in [4.78, 5) is 37.7. The minimum absolute atomic E-state index is 0.0821. The van der Waals surface area contributed by atoms with Crippen LogP contribution in [0.3, 0.4) is 0 Å². The molecule has 6 heteroatoms. The molecule has 1 unspecified atom stereocenters. The fourth-order valence-electron chi connectivity index (χ4n) is 6.40. The highest BCUT2D eigenvalue weighted by Gasteiger charge is 2.19. The van der Waals surface area contributed by atoms with Gasteiger partial charge in [0, 0.05) is 19.3 Å². The minimum Gasteiger partial charge on any atom is -0.462 e. The lowest BCUT2D eigenvalue weighted by atomic mass is 10.0. The molecule has 0 spiro atoms. The van der Waals surface area contributed by atoms with Gasteiger partial charge in [-0.2, -0.15) is 0 Å². The van der Waals surface area contributed by atoms with Crippen LogP contribution in [0.25, 0.3) is 0 Å². The molecule has 0 aliphatic rings. The van der Waals surface area contributed by atoms with E-state index in [-0.39, 0.29) is 31.1 Å². The quantitative estimate of drug-likeness (QED) is 0.0267. The standard InChI is InChI=1S/C49H86O6/c1-4-7-10-13-16-19-21-23-24-26-27-30-33-36-39-42-48(51)54-45-46(44-53-47(50)41-38-35-32-29-18-15-12-9-6-3)55-49(52)43-40-37-34-31-28-25-22-20-17-14-11-8-5-2/h7,9-10,12,16,19,23-24,46H,4-6,8,11,13-15,17-18,20-22,25-45H2,1-3H3. The van der Waals surface area contributed by atoms with Crippen molar-refractivity contribution in [2.45, 2.75) is 232 Å². The lowest BCUT2D eigenvalue weighted by Gasteiger charge is -2.18. The van der Waals surface area contributed by atoms with Crippen molar-refractivity contribution in [3.05, 3.63) is 48.6 Å². The van der Waals surface area contributed by atoms with E-state index in [0.717, 1.165) is 109 Å². The number of hydrogen-bond donors (Lipinski definition) is 0. The van der Waals surface area contributed by atoms with Gasteiger partial charge in [-0.3, -0.25) is 14.4 Å². The van der Waals surface area contributed by atoms with Crippen molar-refractivity contribution in [1.29, 1.82) is 0 Å². The molecular formula is C49H86O6. The summed E-state index contributed by atoms with van der Waals surface area (Å²) in [5.74, 6) is -0.909. The minimum atomic E-state index is -0.778. The van der Waals surface area contributed by atoms with Gasteiger partial charge in [0.1, 0.15) is 13.2 Å². The van der Waals surface area contributed by atoms with Crippen molar-refractivity contribution in [3.8, 4) is 0 Å². The Balaban J connectivity index is 4.37. The van der Waals surface area contributed by atoms with Gasteiger partial charge < -0.3 is 14.2 Å². The number of rotatable bonds is 41. The first-order chi connectivity index (χ1) is 27.0. The molecule has 0 saturated carbocycles. The van der Waals surface area contributed by atoms with Gasteiger partial charge in [-0.15, -0.1) is 0 Å². The number of hydrogen-bond acceptors (Lipinski definition) is 6. The third kappa shape index (κ3) is 42.4. The zero-order valence-corrected chi connectivity index (χ0v) is 36.2. The van der Waals surface area contributed by atoms with Crippen LogP contribution in [0, 0.1) is 0 Å². The predicted octanol–water partition coefficient (Wildman–Crippen LogP) is 14.8. The van der Waals surface area contributed by atoms with E-state index in [4.69, 9.17) is 14.2 Å². The topological polar surface area (TPSA) is 78.9 Å². The number of allylic oxidation sites excluding steroid dienone is 8. The van der Waals surface area contributed by atoms with Gasteiger partial charge >= 0.3 is 17.9 Å². The second kappa shape index (κ2) is 44.1. The monoisotopic (exact) mass is 771 g/mol. The molecular weight excluding hydrogens is 685 g/mol. The number of esters is 3. The van der Waals surface area contributed by atoms with Gasteiger partial charge in [0.05, 0.1) is 0 Å². The SMILES string of the molecule is CCC=CCC=CCC=CCCCCCCCC(=O)OCC(COC(=O)CCCCCCCC=CCC)OC(=O)CCCCCCCCCCCCCCC. The first-order valence-electron chi connectivity index (χ1n) is 23.1. The molecule has 0 heterocycles. The van der Waals surface area contributed by atoms with E-state index >= 15 is 0 Å². The zero-order valence-electron chi connectivity index (χ0n) is 36.2. The van der Waals surface area contributed by atoms with Crippen molar-refractivity contribution in [3.63, 3.8) is 0 Å². The maximum atomic E-state index is 12.7. The summed E-state index contributed by atoms with van der Waals surface area (Å²) in [6, 6.07) is 0. The molecule has 0 radical (unpaired) electrons. The Morgan fingerprint density at radius 3 is 1.15 bits per heavy atom. The van der Waals surface area contributed by atoms with Crippen LogP contribution in [0.5, 0.6) is 0 Å². The summed E-state index contributed by atoms with van der Waals surface area (Å²) in [5, 5.41) is 0. The van der Waals surface area contributed by atoms with E-state index in [2.05, 4.69) is 69.4 Å². The Bertz CT molecular complexity index is 980. The van der Waals surface area contributed by atoms with Crippen LogP contribution in [0.15, 0.2) is 48.6 Å². The van der Waals surface area contributed by atoms with Crippen molar-refractivity contribution < 1.29 is 28.6 Å². The number of carbonyl (C=O) groups excluding carboxylic acids is 3. The summed E-state index contributed by atoms with van der Waals surface area (Å²) in [6.07, 6.45) is 51.0. The Morgan fingerprint density at radius 2 is 0.709 bits per heavy atom. The van der Waals surface area contributed by atoms with Crippen LogP contribution in [0.1, 0.15) is 226 Å². The first kappa shape index (κ1) is 52.4. The molecule has 1 atom stereocenters. The average molecular weight is 771 g/mol. The molecule has 0 fully saturated rings. The zero-order chi connectivity index (χ0) is 40.1. The molecule has 0 N–H and O–H groups in total. The molecule has 0 bridgehead atoms. The highest BCUT2D eigenvalue weighted by Crippen LogP contribution is 2.15. The smallest absolute Gasteiger partial charge is 0.306 e. The van der Waals surface area contributed by atoms with Gasteiger partial charge in [0.15, 0.2) is 6.10 Å². The molecule has 0 amide bonds. The van der Waals surface area contributed by atoms with Gasteiger partial charge in [-0.05, 0) is 70.6 Å². The summed E-state index contributed by atoms with van der Waals surface area (Å²) < 4.78 is 16.7. The van der Waals surface area contributed by atoms with E-state index in [1.807, 2.05) is 0 Å². The third-order valence-electron chi connectivity index (χ3n) is 9.83. The molecule has 0 aliphatic heterocycles. The molecule has 0 aliphatic carbocycles. The number of unbranched alkanes of at least 4 members (excludes halogenated alkanes) is 22. The van der Waals surface area contributed by atoms with E-state index < -0.39 is 6.10 Å². The maximum absolute atomic E-state index is 12.7. The predicted molar refractivity (Wildman–Crippen MR) is 233 cm³/mol. The first-order valence-corrected chi connectivity index (χ1v) is 23.1. The lowest BCUT2D eigenvalue weighted by molar-refractivity contribution is -0.167. The van der Waals surface area contributed by atoms with Gasteiger partial charge in [0.2, 0.25) is 0 Å². The van der Waals surface area contributed by atoms with Gasteiger partial charge in [-0.25, -0.2) is 0 Å². The highest BCUT2D eigenvalue weighted by molar-refractivity contribution is 5.71. The second-order valence-electron chi connectivity index (χ2n) is 15.3. The highest BCUT2D eigenvalue weighted by atomic mass is 16.6. The Labute approximate surface area is 339 Å². The summed E-state index contributed by atoms with van der Waals surface area (Å²) in [7, 11) is 0. The van der Waals surface area contributed by atoms with Crippen molar-refractivity contribution in [2.75, 3.05) is 13.2 Å². The van der Waals surface area contributed by atoms with E-state index in [9.17, 15) is 14.4 Å². The van der Waals surface area contributed by atoms with Crippen LogP contribution >= 0.6 is 0 Å². The van der Waals surface area contributed by atoms with Crippen LogP contribution < -0.4 is 0 Å². The molecule has 318 valence electrons. The summed E-state index contributed by atoms with van der Waals surface area (Å²) in [5.41, 5.74) is 0. The molecule has 0 aromatic carbocycles. The van der Waals surface area contributed by atoms with Crippen molar-refractivity contribution >= 4 is 17.9 Å². The van der Waals surface area contributed by atoms with E-state index in [1.165, 1.54) is 77.0 Å². The van der Waals surface area contributed by atoms with Crippen LogP contribution in [-0.2, 0) is 28.6 Å². The Morgan fingerprint density at radius 1 is 0.382 bits per heavy atom. The largest absolute Gasteiger partial charge is 0.462 e. The number of ether oxygens (including phenoxy) is 3. The maximum Gasteiger partial charge on any atom is 0.306 e. The van der Waals surface area contributed by atoms with Gasteiger partial charge in [-0.1, -0.05) is 185 Å². The van der Waals surface area contributed by atoms with Crippen LogP contribution in [0.4, 0.5) is 0 Å². The normalized spacial score (nSPS) is 12.4. The van der Waals surface area contributed by atoms with E-state index in [1.54, 1.807) is 0 Å². The fourth-order valence-corrected chi connectivity index (χ4v) is 6.40. The molecule has 0 saturated heterocycles. The lowest BCUT2D eigenvalue weighted by Crippen LogP contribution is -2.30. The summed E-state index contributed by atoms with van der Waals surface area (Å²) in [6.45, 7) is 6.39. The third-order valence-corrected chi connectivity index (χ3v) is 9.83. The van der Waals surface area contributed by atoms with Crippen LogP contribution in [-0.4, -0.2) is 37.2 Å². The molecule has 6 nitrogen and oxygen atoms in total. The van der Waals surface area contributed by atoms with Crippen molar-refractivity contribution in [2.24, 2.45) is 0 Å². The van der Waals surface area contributed by atoms with Crippen molar-refractivity contribution in [1.82, 2.24) is 0 Å². The van der Waals surface area contributed by atoms with E-state index in [0.29, 0.717) is 19.3 Å². The fraction of sp³-hybridized carbons (Fsp3) is 0.776. The summed E-state index contributed by atoms with van der Waals surface area (Å²) >= 11 is 0. The molecule has 0 aromatic rings. The Kier molecular flexibility index (Phi) is 42.0. The second-order valence-corrected chi connectivity index (χ2v) is 15.3. The van der Waals surface area contributed by atoms with Crippen LogP contribution in [0.2, 0.25) is 0 Å².